The molecule has 0 spiro atoms. The Bertz CT molecular complexity index is 832. The minimum Gasteiger partial charge on any atom is -0.374 e. The summed E-state index contributed by atoms with van der Waals surface area (Å²) in [5.41, 5.74) is 0.839. The molecule has 2 fully saturated rings. The number of benzene rings is 1. The van der Waals surface area contributed by atoms with Crippen LogP contribution in [0, 0.1) is 11.7 Å². The summed E-state index contributed by atoms with van der Waals surface area (Å²) in [6.07, 6.45) is -0.387. The van der Waals surface area contributed by atoms with Crippen molar-refractivity contribution in [1.82, 2.24) is 15.5 Å². The number of imide groups is 1. The molecule has 28 heavy (non-hydrogen) atoms. The molecular weight excluding hydrogens is 369 g/mol. The second-order valence-corrected chi connectivity index (χ2v) is 7.59. The standard InChI is InChI=1S/C19H22FN3O5/c20-13-7-11-10(6-12(13)14-5-9(8-24)3-4-21-14)18(27)23(19(11)28)15-1-2-16(25)22-17(15)26/h6-9,14-15,18-19,21,27-28H,1-5H2,(H,22,25,26). The lowest BCUT2D eigenvalue weighted by atomic mass is 9.88. The molecule has 2 amide bonds. The van der Waals surface area contributed by atoms with Crippen molar-refractivity contribution in [1.29, 1.82) is 0 Å². The van der Waals surface area contributed by atoms with Crippen molar-refractivity contribution in [3.05, 3.63) is 34.6 Å². The number of piperidine rings is 2. The lowest BCUT2D eigenvalue weighted by Gasteiger charge is -2.34. The molecule has 4 rings (SSSR count). The number of hydrogen-bond acceptors (Lipinski definition) is 7. The third kappa shape index (κ3) is 3.14. The van der Waals surface area contributed by atoms with Gasteiger partial charge >= 0.3 is 0 Å². The summed E-state index contributed by atoms with van der Waals surface area (Å²) >= 11 is 0. The third-order valence-electron chi connectivity index (χ3n) is 5.91. The number of fused-ring (bicyclic) bond motifs is 1. The highest BCUT2D eigenvalue weighted by atomic mass is 19.1. The molecule has 3 heterocycles. The van der Waals surface area contributed by atoms with Gasteiger partial charge in [-0.05, 0) is 37.9 Å². The van der Waals surface area contributed by atoms with Crippen LogP contribution < -0.4 is 10.6 Å². The van der Waals surface area contributed by atoms with Gasteiger partial charge in [0.1, 0.15) is 24.6 Å². The van der Waals surface area contributed by atoms with Crippen LogP contribution in [0.2, 0.25) is 0 Å². The fraction of sp³-hybridized carbons (Fsp3) is 0.526. The summed E-state index contributed by atoms with van der Waals surface area (Å²) in [5, 5.41) is 26.8. The maximum atomic E-state index is 14.8. The zero-order valence-corrected chi connectivity index (χ0v) is 15.1. The molecule has 9 heteroatoms. The highest BCUT2D eigenvalue weighted by molar-refractivity contribution is 6.00. The van der Waals surface area contributed by atoms with Gasteiger partial charge in [0.25, 0.3) is 0 Å². The zero-order chi connectivity index (χ0) is 20.0. The molecule has 150 valence electrons. The van der Waals surface area contributed by atoms with Crippen molar-refractivity contribution in [3.8, 4) is 0 Å². The Hall–Kier alpha value is -2.20. The number of halogens is 1. The van der Waals surface area contributed by atoms with E-state index in [1.807, 2.05) is 0 Å². The second kappa shape index (κ2) is 7.32. The molecule has 3 aliphatic heterocycles. The SMILES string of the molecule is O=CC1CCNC(c2cc3c(cc2F)C(O)N(C2CCC(=O)NC2=O)C3O)C1. The molecular formula is C19H22FN3O5. The second-order valence-electron chi connectivity index (χ2n) is 7.59. The molecule has 3 aliphatic rings. The molecule has 0 aliphatic carbocycles. The van der Waals surface area contributed by atoms with E-state index in [-0.39, 0.29) is 30.4 Å². The van der Waals surface area contributed by atoms with E-state index in [2.05, 4.69) is 10.6 Å². The van der Waals surface area contributed by atoms with Gasteiger partial charge in [-0.2, -0.15) is 0 Å². The lowest BCUT2D eigenvalue weighted by molar-refractivity contribution is -0.154. The molecule has 5 atom stereocenters. The van der Waals surface area contributed by atoms with Crippen LogP contribution in [0.15, 0.2) is 12.1 Å². The fourth-order valence-corrected chi connectivity index (χ4v) is 4.41. The molecule has 0 bridgehead atoms. The van der Waals surface area contributed by atoms with E-state index in [9.17, 15) is 29.0 Å². The van der Waals surface area contributed by atoms with Crippen LogP contribution in [-0.4, -0.2) is 45.8 Å². The predicted molar refractivity (Wildman–Crippen MR) is 93.9 cm³/mol. The summed E-state index contributed by atoms with van der Waals surface area (Å²) in [5.74, 6) is -1.69. The quantitative estimate of drug-likeness (QED) is 0.428. The smallest absolute Gasteiger partial charge is 0.244 e. The Morgan fingerprint density at radius 2 is 1.82 bits per heavy atom. The van der Waals surface area contributed by atoms with E-state index in [4.69, 9.17) is 0 Å². The summed E-state index contributed by atoms with van der Waals surface area (Å²) in [6, 6.07) is 1.41. The highest BCUT2D eigenvalue weighted by Crippen LogP contribution is 2.44. The molecule has 0 saturated carbocycles. The van der Waals surface area contributed by atoms with Crippen LogP contribution in [0.5, 0.6) is 0 Å². The van der Waals surface area contributed by atoms with Crippen LogP contribution >= 0.6 is 0 Å². The average Bonchev–Trinajstić information content (AvgIpc) is 2.91. The van der Waals surface area contributed by atoms with Gasteiger partial charge in [0.05, 0.1) is 6.04 Å². The van der Waals surface area contributed by atoms with Gasteiger partial charge < -0.3 is 20.3 Å². The number of nitrogens with one attached hydrogen (secondary N) is 2. The maximum Gasteiger partial charge on any atom is 0.244 e. The van der Waals surface area contributed by atoms with E-state index in [0.29, 0.717) is 30.5 Å². The summed E-state index contributed by atoms with van der Waals surface area (Å²) in [6.45, 7) is 0.582. The molecule has 5 unspecified atom stereocenters. The van der Waals surface area contributed by atoms with Crippen LogP contribution in [-0.2, 0) is 14.4 Å². The van der Waals surface area contributed by atoms with Crippen molar-refractivity contribution in [2.45, 2.75) is 50.2 Å². The van der Waals surface area contributed by atoms with E-state index in [1.54, 1.807) is 0 Å². The van der Waals surface area contributed by atoms with Gasteiger partial charge in [-0.3, -0.25) is 14.9 Å². The molecule has 0 aromatic heterocycles. The number of aldehydes is 1. The minimum absolute atomic E-state index is 0.0986. The van der Waals surface area contributed by atoms with Gasteiger partial charge in [-0.25, -0.2) is 9.29 Å². The van der Waals surface area contributed by atoms with Crippen LogP contribution in [0.1, 0.15) is 60.9 Å². The van der Waals surface area contributed by atoms with E-state index >= 15 is 0 Å². The third-order valence-corrected chi connectivity index (χ3v) is 5.91. The van der Waals surface area contributed by atoms with Crippen molar-refractivity contribution in [2.75, 3.05) is 6.54 Å². The first-order valence-electron chi connectivity index (χ1n) is 9.40. The highest BCUT2D eigenvalue weighted by Gasteiger charge is 2.45. The number of aliphatic hydroxyl groups is 2. The Kier molecular flexibility index (Phi) is 5.00. The van der Waals surface area contributed by atoms with Crippen molar-refractivity contribution in [3.63, 3.8) is 0 Å². The maximum absolute atomic E-state index is 14.8. The van der Waals surface area contributed by atoms with Crippen LogP contribution in [0.3, 0.4) is 0 Å². The summed E-state index contributed by atoms with van der Waals surface area (Å²) in [4.78, 5) is 35.9. The Balaban J connectivity index is 1.64. The van der Waals surface area contributed by atoms with Gasteiger partial charge in [-0.15, -0.1) is 0 Å². The summed E-state index contributed by atoms with van der Waals surface area (Å²) < 4.78 is 14.8. The van der Waals surface area contributed by atoms with Gasteiger partial charge in [0.2, 0.25) is 11.8 Å². The molecule has 1 aromatic rings. The Labute approximate surface area is 160 Å². The van der Waals surface area contributed by atoms with Crippen LogP contribution in [0.25, 0.3) is 0 Å². The number of aliphatic hydroxyl groups excluding tert-OH is 2. The van der Waals surface area contributed by atoms with Gasteiger partial charge in [0, 0.05) is 35.1 Å². The van der Waals surface area contributed by atoms with E-state index in [1.165, 1.54) is 17.0 Å². The topological polar surface area (TPSA) is 119 Å². The normalized spacial score (nSPS) is 33.5. The van der Waals surface area contributed by atoms with Crippen molar-refractivity contribution < 1.29 is 29.0 Å². The summed E-state index contributed by atoms with van der Waals surface area (Å²) in [7, 11) is 0. The van der Waals surface area contributed by atoms with E-state index < -0.39 is 36.1 Å². The van der Waals surface area contributed by atoms with E-state index in [0.717, 1.165) is 6.29 Å². The van der Waals surface area contributed by atoms with Gasteiger partial charge in [0.15, 0.2) is 0 Å². The largest absolute Gasteiger partial charge is 0.374 e. The first kappa shape index (κ1) is 19.1. The Morgan fingerprint density at radius 1 is 1.11 bits per heavy atom. The molecule has 2 saturated heterocycles. The van der Waals surface area contributed by atoms with Gasteiger partial charge in [-0.1, -0.05) is 0 Å². The fourth-order valence-electron chi connectivity index (χ4n) is 4.41. The van der Waals surface area contributed by atoms with Crippen molar-refractivity contribution >= 4 is 18.1 Å². The van der Waals surface area contributed by atoms with Crippen molar-refractivity contribution in [2.24, 2.45) is 5.92 Å². The average molecular weight is 391 g/mol. The molecule has 1 aromatic carbocycles. The molecule has 0 radical (unpaired) electrons. The first-order valence-corrected chi connectivity index (χ1v) is 9.40. The first-order chi connectivity index (χ1) is 13.4. The number of amides is 2. The number of hydrogen-bond donors (Lipinski definition) is 4. The zero-order valence-electron chi connectivity index (χ0n) is 15.1. The number of carbonyl (C=O) groups excluding carboxylic acids is 3. The predicted octanol–water partition coefficient (Wildman–Crippen LogP) is 0.168. The van der Waals surface area contributed by atoms with Crippen LogP contribution in [0.4, 0.5) is 4.39 Å². The number of carbonyl (C=O) groups is 3. The Morgan fingerprint density at radius 3 is 2.50 bits per heavy atom. The lowest BCUT2D eigenvalue weighted by Crippen LogP contribution is -2.52. The molecule has 4 N–H and O–H groups in total. The monoisotopic (exact) mass is 391 g/mol. The minimum atomic E-state index is -1.36. The number of nitrogens with zero attached hydrogens (tertiary/aromatic N) is 1. The number of rotatable bonds is 3. The molecule has 8 nitrogen and oxygen atoms in total.